The lowest BCUT2D eigenvalue weighted by atomic mass is 9.87. The first kappa shape index (κ1) is 20.2. The lowest BCUT2D eigenvalue weighted by Crippen LogP contribution is -2.23. The van der Waals surface area contributed by atoms with E-state index in [1.54, 1.807) is 24.4 Å². The fourth-order valence-corrected chi connectivity index (χ4v) is 3.49. The highest BCUT2D eigenvalue weighted by atomic mass is 32.1. The van der Waals surface area contributed by atoms with E-state index in [0.29, 0.717) is 23.3 Å². The average molecular weight is 366 g/mol. The summed E-state index contributed by atoms with van der Waals surface area (Å²) >= 11 is 1.17. The van der Waals surface area contributed by atoms with Gasteiger partial charge in [0.1, 0.15) is 0 Å². The maximum absolute atomic E-state index is 13.8. The SMILES string of the molecule is CCC(CC)C(C)=C(CC(F)(F)O[PH](=O)O)C(=O)c1cccs1. The number of allylic oxidation sites excluding steroid dienone is 1. The fourth-order valence-electron chi connectivity index (χ4n) is 2.47. The molecule has 1 unspecified atom stereocenters. The van der Waals surface area contributed by atoms with Crippen molar-refractivity contribution in [1.29, 1.82) is 0 Å². The second kappa shape index (κ2) is 8.83. The van der Waals surface area contributed by atoms with Crippen molar-refractivity contribution in [3.63, 3.8) is 0 Å². The summed E-state index contributed by atoms with van der Waals surface area (Å²) in [6.07, 6.45) is -3.44. The second-order valence-electron chi connectivity index (χ2n) is 5.16. The van der Waals surface area contributed by atoms with Gasteiger partial charge in [-0.05, 0) is 37.1 Å². The van der Waals surface area contributed by atoms with Crippen LogP contribution < -0.4 is 0 Å². The Hall–Kier alpha value is -0.880. The quantitative estimate of drug-likeness (QED) is 0.377. The number of halogens is 2. The summed E-state index contributed by atoms with van der Waals surface area (Å²) in [5, 5.41) is 1.69. The predicted octanol–water partition coefficient (Wildman–Crippen LogP) is 5.07. The molecule has 1 aromatic rings. The molecule has 0 aromatic carbocycles. The number of carbonyl (C=O) groups is 1. The van der Waals surface area contributed by atoms with Gasteiger partial charge in [0.05, 0.1) is 11.3 Å². The Morgan fingerprint density at radius 2 is 2.04 bits per heavy atom. The Balaban J connectivity index is 3.24. The molecule has 1 heterocycles. The molecule has 0 aliphatic heterocycles. The molecule has 8 heteroatoms. The summed E-state index contributed by atoms with van der Waals surface area (Å²) in [5.74, 6) is -0.485. The van der Waals surface area contributed by atoms with Gasteiger partial charge in [-0.25, -0.2) is 4.52 Å². The third kappa shape index (κ3) is 5.92. The van der Waals surface area contributed by atoms with Crippen molar-refractivity contribution in [3.8, 4) is 0 Å². The van der Waals surface area contributed by atoms with Crippen LogP contribution in [0.2, 0.25) is 0 Å². The van der Waals surface area contributed by atoms with Gasteiger partial charge in [-0.3, -0.25) is 9.36 Å². The Bertz CT molecular complexity index is 580. The van der Waals surface area contributed by atoms with E-state index in [2.05, 4.69) is 4.52 Å². The monoisotopic (exact) mass is 366 g/mol. The minimum Gasteiger partial charge on any atom is -0.326 e. The maximum Gasteiger partial charge on any atom is 0.366 e. The van der Waals surface area contributed by atoms with Crippen LogP contribution in [0, 0.1) is 5.92 Å². The molecule has 1 atom stereocenters. The summed E-state index contributed by atoms with van der Waals surface area (Å²) in [5.41, 5.74) is 0.531. The number of hydrogen-bond donors (Lipinski definition) is 1. The molecule has 1 rings (SSSR count). The zero-order chi connectivity index (χ0) is 17.6. The largest absolute Gasteiger partial charge is 0.366 e. The molecule has 0 aliphatic rings. The average Bonchev–Trinajstić information content (AvgIpc) is 2.98. The first-order chi connectivity index (χ1) is 10.7. The van der Waals surface area contributed by atoms with Gasteiger partial charge in [0.15, 0.2) is 5.78 Å². The number of carbonyl (C=O) groups excluding carboxylic acids is 1. The first-order valence-corrected chi connectivity index (χ1v) is 9.43. The summed E-state index contributed by atoms with van der Waals surface area (Å²) in [7, 11) is -3.80. The van der Waals surface area contributed by atoms with E-state index in [9.17, 15) is 18.1 Å². The van der Waals surface area contributed by atoms with Crippen molar-refractivity contribution in [2.24, 2.45) is 5.92 Å². The fraction of sp³-hybridized carbons (Fsp3) is 0.533. The summed E-state index contributed by atoms with van der Waals surface area (Å²) in [6.45, 7) is 5.51. The third-order valence-electron chi connectivity index (χ3n) is 3.71. The zero-order valence-corrected chi connectivity index (χ0v) is 15.1. The van der Waals surface area contributed by atoms with Gasteiger partial charge in [0, 0.05) is 5.57 Å². The van der Waals surface area contributed by atoms with Gasteiger partial charge in [-0.1, -0.05) is 25.5 Å². The molecule has 130 valence electrons. The number of thiophene rings is 1. The smallest absolute Gasteiger partial charge is 0.326 e. The molecule has 0 radical (unpaired) electrons. The Morgan fingerprint density at radius 1 is 1.43 bits per heavy atom. The Labute approximate surface area is 139 Å². The Morgan fingerprint density at radius 3 is 2.48 bits per heavy atom. The summed E-state index contributed by atoms with van der Waals surface area (Å²) in [4.78, 5) is 21.5. The molecular weight excluding hydrogens is 345 g/mol. The Kier molecular flexibility index (Phi) is 7.74. The van der Waals surface area contributed by atoms with E-state index >= 15 is 0 Å². The lowest BCUT2D eigenvalue weighted by molar-refractivity contribution is -0.174. The normalized spacial score (nSPS) is 14.7. The minimum atomic E-state index is -3.86. The van der Waals surface area contributed by atoms with Crippen molar-refractivity contribution in [3.05, 3.63) is 33.5 Å². The molecule has 0 spiro atoms. The molecule has 0 aliphatic carbocycles. The van der Waals surface area contributed by atoms with E-state index < -0.39 is 26.6 Å². The summed E-state index contributed by atoms with van der Waals surface area (Å²) < 4.78 is 42.1. The molecule has 0 saturated carbocycles. The molecule has 4 nitrogen and oxygen atoms in total. The molecule has 0 saturated heterocycles. The predicted molar refractivity (Wildman–Crippen MR) is 87.3 cm³/mol. The van der Waals surface area contributed by atoms with Gasteiger partial charge < -0.3 is 4.89 Å². The molecule has 1 aromatic heterocycles. The van der Waals surface area contributed by atoms with Gasteiger partial charge in [0.25, 0.3) is 0 Å². The highest BCUT2D eigenvalue weighted by molar-refractivity contribution is 7.32. The molecule has 1 N–H and O–H groups in total. The van der Waals surface area contributed by atoms with Crippen LogP contribution in [-0.2, 0) is 9.09 Å². The van der Waals surface area contributed by atoms with E-state index in [-0.39, 0.29) is 11.5 Å². The van der Waals surface area contributed by atoms with Gasteiger partial charge in [-0.2, -0.15) is 8.78 Å². The number of rotatable bonds is 9. The van der Waals surface area contributed by atoms with Crippen LogP contribution in [0.4, 0.5) is 8.78 Å². The van der Waals surface area contributed by atoms with Gasteiger partial charge >= 0.3 is 14.4 Å². The van der Waals surface area contributed by atoms with Crippen molar-refractivity contribution < 1.29 is 27.6 Å². The van der Waals surface area contributed by atoms with Crippen LogP contribution >= 0.6 is 19.6 Å². The van der Waals surface area contributed by atoms with E-state index in [0.717, 1.165) is 0 Å². The minimum absolute atomic E-state index is 0.00383. The number of hydrogen-bond acceptors (Lipinski definition) is 4. The number of Topliss-reactive ketones (excluding diaryl/α,β-unsaturated/α-hetero) is 1. The highest BCUT2D eigenvalue weighted by Gasteiger charge is 2.37. The first-order valence-electron chi connectivity index (χ1n) is 7.29. The van der Waals surface area contributed by atoms with Crippen molar-refractivity contribution >= 4 is 25.4 Å². The standard InChI is InChI=1S/C15H21F2O4PS/c1-4-11(5-2)10(3)12(9-15(16,17)21-22(19)20)14(18)13-7-6-8-23-13/h6-8,11,22H,4-5,9H2,1-3H3,(H,19,20). The maximum atomic E-state index is 13.8. The topological polar surface area (TPSA) is 63.6 Å². The summed E-state index contributed by atoms with van der Waals surface area (Å²) in [6, 6.07) is 3.24. The van der Waals surface area contributed by atoms with Crippen LogP contribution in [0.15, 0.2) is 28.7 Å². The van der Waals surface area contributed by atoms with Crippen LogP contribution in [0.5, 0.6) is 0 Å². The van der Waals surface area contributed by atoms with Crippen molar-refractivity contribution in [1.82, 2.24) is 0 Å². The molecule has 0 fully saturated rings. The van der Waals surface area contributed by atoms with Crippen LogP contribution in [0.3, 0.4) is 0 Å². The van der Waals surface area contributed by atoms with Crippen LogP contribution in [0.25, 0.3) is 0 Å². The molecule has 23 heavy (non-hydrogen) atoms. The van der Waals surface area contributed by atoms with E-state index in [1.165, 1.54) is 11.3 Å². The molecular formula is C15H21F2O4PS. The lowest BCUT2D eigenvalue weighted by Gasteiger charge is -2.21. The van der Waals surface area contributed by atoms with Crippen LogP contribution in [0.1, 0.15) is 49.7 Å². The van der Waals surface area contributed by atoms with Crippen molar-refractivity contribution in [2.45, 2.75) is 46.1 Å². The third-order valence-corrected chi connectivity index (χ3v) is 5.05. The van der Waals surface area contributed by atoms with Crippen molar-refractivity contribution in [2.75, 3.05) is 0 Å². The second-order valence-corrected chi connectivity index (χ2v) is 6.85. The van der Waals surface area contributed by atoms with Crippen LogP contribution in [-0.4, -0.2) is 16.8 Å². The van der Waals surface area contributed by atoms with E-state index in [4.69, 9.17) is 4.89 Å². The zero-order valence-electron chi connectivity index (χ0n) is 13.3. The van der Waals surface area contributed by atoms with Gasteiger partial charge in [0.2, 0.25) is 0 Å². The molecule has 0 bridgehead atoms. The number of alkyl halides is 2. The highest BCUT2D eigenvalue weighted by Crippen LogP contribution is 2.37. The van der Waals surface area contributed by atoms with Gasteiger partial charge in [-0.15, -0.1) is 11.3 Å². The number of ketones is 1. The van der Waals surface area contributed by atoms with E-state index in [1.807, 2.05) is 13.8 Å². The molecule has 0 amide bonds.